The Balaban J connectivity index is 1.65. The fourth-order valence-electron chi connectivity index (χ4n) is 2.97. The molecule has 2 aliphatic rings. The van der Waals surface area contributed by atoms with Crippen LogP contribution in [0.4, 0.5) is 8.78 Å². The molecular formula is C15H17F2NO3. The van der Waals surface area contributed by atoms with Gasteiger partial charge in [0.05, 0.1) is 25.4 Å². The third kappa shape index (κ3) is 3.06. The third-order valence-corrected chi connectivity index (χ3v) is 4.00. The highest BCUT2D eigenvalue weighted by molar-refractivity contribution is 5.94. The van der Waals surface area contributed by atoms with Gasteiger partial charge in [-0.25, -0.2) is 8.78 Å². The van der Waals surface area contributed by atoms with Gasteiger partial charge in [0, 0.05) is 6.04 Å². The van der Waals surface area contributed by atoms with Crippen molar-refractivity contribution in [1.82, 2.24) is 5.32 Å². The van der Waals surface area contributed by atoms with E-state index in [0.717, 1.165) is 18.6 Å². The van der Waals surface area contributed by atoms with Crippen molar-refractivity contribution in [2.45, 2.75) is 37.5 Å². The molecule has 3 unspecified atom stereocenters. The highest BCUT2D eigenvalue weighted by atomic mass is 19.1. The lowest BCUT2D eigenvalue weighted by molar-refractivity contribution is -0.157. The van der Waals surface area contributed by atoms with Crippen LogP contribution in [0.3, 0.4) is 0 Å². The number of hydrogen-bond acceptors (Lipinski definition) is 3. The van der Waals surface area contributed by atoms with Crippen LogP contribution in [0.1, 0.15) is 29.6 Å². The lowest BCUT2D eigenvalue weighted by Crippen LogP contribution is -2.49. The van der Waals surface area contributed by atoms with Crippen LogP contribution in [0.25, 0.3) is 0 Å². The smallest absolute Gasteiger partial charge is 0.257 e. The maximum atomic E-state index is 13.6. The van der Waals surface area contributed by atoms with Crippen molar-refractivity contribution in [2.24, 2.45) is 0 Å². The molecule has 1 aliphatic carbocycles. The molecule has 3 atom stereocenters. The van der Waals surface area contributed by atoms with Gasteiger partial charge in [0.25, 0.3) is 5.91 Å². The summed E-state index contributed by atoms with van der Waals surface area (Å²) in [5.41, 5.74) is -0.527. The predicted molar refractivity (Wildman–Crippen MR) is 70.9 cm³/mol. The van der Waals surface area contributed by atoms with Crippen LogP contribution < -0.4 is 5.32 Å². The lowest BCUT2D eigenvalue weighted by atomic mass is 9.89. The second-order valence-electron chi connectivity index (χ2n) is 5.40. The Labute approximate surface area is 121 Å². The van der Waals surface area contributed by atoms with Gasteiger partial charge in [-0.05, 0) is 31.4 Å². The van der Waals surface area contributed by atoms with Crippen molar-refractivity contribution in [3.05, 3.63) is 35.4 Å². The normalized spacial score (nSPS) is 28.8. The first-order valence-corrected chi connectivity index (χ1v) is 7.13. The maximum Gasteiger partial charge on any atom is 0.257 e. The number of halogens is 2. The minimum Gasteiger partial charge on any atom is -0.373 e. The third-order valence-electron chi connectivity index (χ3n) is 4.00. The van der Waals surface area contributed by atoms with Crippen molar-refractivity contribution in [2.75, 3.05) is 13.2 Å². The Kier molecular flexibility index (Phi) is 4.17. The van der Waals surface area contributed by atoms with Gasteiger partial charge < -0.3 is 14.8 Å². The van der Waals surface area contributed by atoms with Gasteiger partial charge in [0.2, 0.25) is 0 Å². The molecule has 114 valence electrons. The first-order valence-electron chi connectivity index (χ1n) is 7.13. The number of nitrogens with one attached hydrogen (secondary N) is 1. The zero-order chi connectivity index (χ0) is 14.8. The highest BCUT2D eigenvalue weighted by Crippen LogP contribution is 2.27. The molecule has 0 radical (unpaired) electrons. The van der Waals surface area contributed by atoms with Crippen molar-refractivity contribution >= 4 is 5.91 Å². The Morgan fingerprint density at radius 1 is 1.10 bits per heavy atom. The molecule has 1 amide bonds. The van der Waals surface area contributed by atoms with E-state index in [-0.39, 0.29) is 18.2 Å². The molecule has 1 N–H and O–H groups in total. The molecule has 1 saturated carbocycles. The van der Waals surface area contributed by atoms with E-state index in [1.54, 1.807) is 0 Å². The van der Waals surface area contributed by atoms with E-state index in [4.69, 9.17) is 9.47 Å². The number of ether oxygens (including phenoxy) is 2. The summed E-state index contributed by atoms with van der Waals surface area (Å²) < 4.78 is 38.4. The summed E-state index contributed by atoms with van der Waals surface area (Å²) >= 11 is 0. The van der Waals surface area contributed by atoms with E-state index in [0.29, 0.717) is 26.1 Å². The average molecular weight is 297 g/mol. The minimum atomic E-state index is -0.849. The van der Waals surface area contributed by atoms with Crippen molar-refractivity contribution in [3.8, 4) is 0 Å². The monoisotopic (exact) mass is 297 g/mol. The summed E-state index contributed by atoms with van der Waals surface area (Å²) in [6, 6.07) is 3.24. The Morgan fingerprint density at radius 3 is 2.48 bits per heavy atom. The standard InChI is InChI=1S/C15H17F2NO3/c16-10-2-1-3-11(17)14(10)15(19)18-9-4-5-12-13(8-9)21-7-6-20-12/h1-3,9,12-13H,4-8H2,(H,18,19). The molecule has 0 aromatic heterocycles. The minimum absolute atomic E-state index is 0.0525. The largest absolute Gasteiger partial charge is 0.373 e. The molecule has 6 heteroatoms. The number of carbonyl (C=O) groups excluding carboxylic acids is 1. The van der Waals surface area contributed by atoms with Crippen LogP contribution in [0.2, 0.25) is 0 Å². The molecule has 1 aromatic rings. The molecule has 1 aliphatic heterocycles. The van der Waals surface area contributed by atoms with Gasteiger partial charge in [0.1, 0.15) is 17.2 Å². The van der Waals surface area contributed by atoms with E-state index >= 15 is 0 Å². The molecule has 0 bridgehead atoms. The predicted octanol–water partition coefficient (Wildman–Crippen LogP) is 2.03. The Bertz CT molecular complexity index is 517. The maximum absolute atomic E-state index is 13.6. The van der Waals surface area contributed by atoms with Crippen LogP contribution in [0.15, 0.2) is 18.2 Å². The molecule has 1 aromatic carbocycles. The molecular weight excluding hydrogens is 280 g/mol. The second-order valence-corrected chi connectivity index (χ2v) is 5.40. The molecule has 4 nitrogen and oxygen atoms in total. The van der Waals surface area contributed by atoms with Gasteiger partial charge in [-0.2, -0.15) is 0 Å². The first-order chi connectivity index (χ1) is 10.1. The average Bonchev–Trinajstić information content (AvgIpc) is 2.47. The molecule has 1 heterocycles. The molecule has 21 heavy (non-hydrogen) atoms. The van der Waals surface area contributed by atoms with Crippen LogP contribution in [-0.4, -0.2) is 37.4 Å². The van der Waals surface area contributed by atoms with Gasteiger partial charge in [-0.1, -0.05) is 6.07 Å². The van der Waals surface area contributed by atoms with Crippen LogP contribution in [-0.2, 0) is 9.47 Å². The van der Waals surface area contributed by atoms with E-state index in [2.05, 4.69) is 5.32 Å². The van der Waals surface area contributed by atoms with Crippen molar-refractivity contribution in [3.63, 3.8) is 0 Å². The van der Waals surface area contributed by atoms with Crippen LogP contribution in [0.5, 0.6) is 0 Å². The number of benzene rings is 1. The summed E-state index contributed by atoms with van der Waals surface area (Å²) in [6.45, 7) is 1.14. The van der Waals surface area contributed by atoms with E-state index in [9.17, 15) is 13.6 Å². The molecule has 0 spiro atoms. The van der Waals surface area contributed by atoms with Crippen molar-refractivity contribution < 1.29 is 23.0 Å². The van der Waals surface area contributed by atoms with Crippen LogP contribution in [0, 0.1) is 11.6 Å². The summed E-state index contributed by atoms with van der Waals surface area (Å²) in [6.07, 6.45) is 2.11. The second kappa shape index (κ2) is 6.07. The van der Waals surface area contributed by atoms with E-state index < -0.39 is 23.1 Å². The fraction of sp³-hybridized carbons (Fsp3) is 0.533. The number of hydrogen-bond donors (Lipinski definition) is 1. The summed E-state index contributed by atoms with van der Waals surface area (Å²) in [4.78, 5) is 12.1. The zero-order valence-electron chi connectivity index (χ0n) is 11.5. The lowest BCUT2D eigenvalue weighted by Gasteiger charge is -2.39. The first kappa shape index (κ1) is 14.4. The van der Waals surface area contributed by atoms with Crippen LogP contribution >= 0.6 is 0 Å². The summed E-state index contributed by atoms with van der Waals surface area (Å²) in [5.74, 6) is -2.41. The fourth-order valence-corrected chi connectivity index (χ4v) is 2.97. The summed E-state index contributed by atoms with van der Waals surface area (Å²) in [7, 11) is 0. The van der Waals surface area contributed by atoms with E-state index in [1.807, 2.05) is 0 Å². The molecule has 2 fully saturated rings. The van der Waals surface area contributed by atoms with Gasteiger partial charge in [0.15, 0.2) is 0 Å². The molecule has 3 rings (SSSR count). The van der Waals surface area contributed by atoms with Gasteiger partial charge >= 0.3 is 0 Å². The number of fused-ring (bicyclic) bond motifs is 1. The highest BCUT2D eigenvalue weighted by Gasteiger charge is 2.35. The zero-order valence-corrected chi connectivity index (χ0v) is 11.5. The van der Waals surface area contributed by atoms with Gasteiger partial charge in [-0.15, -0.1) is 0 Å². The van der Waals surface area contributed by atoms with E-state index in [1.165, 1.54) is 6.07 Å². The topological polar surface area (TPSA) is 47.6 Å². The summed E-state index contributed by atoms with van der Waals surface area (Å²) in [5, 5.41) is 2.70. The Hall–Kier alpha value is -1.53. The quantitative estimate of drug-likeness (QED) is 0.908. The number of rotatable bonds is 2. The molecule has 1 saturated heterocycles. The SMILES string of the molecule is O=C(NC1CCC2OCCOC2C1)c1c(F)cccc1F. The number of amides is 1. The number of carbonyl (C=O) groups is 1. The Morgan fingerprint density at radius 2 is 1.76 bits per heavy atom. The van der Waals surface area contributed by atoms with Gasteiger partial charge in [-0.3, -0.25) is 4.79 Å². The van der Waals surface area contributed by atoms with Crippen molar-refractivity contribution in [1.29, 1.82) is 0 Å².